The number of benzene rings is 1. The highest BCUT2D eigenvalue weighted by Crippen LogP contribution is 2.12. The van der Waals surface area contributed by atoms with Crippen LogP contribution in [0.1, 0.15) is 6.42 Å². The maximum atomic E-state index is 8.94. The number of imidazole rings is 1. The number of rotatable bonds is 5. The first-order chi connectivity index (χ1) is 7.85. The van der Waals surface area contributed by atoms with E-state index in [2.05, 4.69) is 20.9 Å². The van der Waals surface area contributed by atoms with E-state index in [1.54, 1.807) is 0 Å². The molecule has 4 nitrogen and oxygen atoms in total. The van der Waals surface area contributed by atoms with Crippen molar-refractivity contribution in [3.8, 4) is 0 Å². The molecule has 0 aliphatic carbocycles. The molecule has 0 radical (unpaired) electrons. The van der Waals surface area contributed by atoms with Gasteiger partial charge < -0.3 is 15.0 Å². The molecule has 0 aliphatic heterocycles. The number of hydrogen-bond donors (Lipinski definition) is 2. The van der Waals surface area contributed by atoms with Crippen molar-refractivity contribution in [2.75, 3.05) is 13.7 Å². The van der Waals surface area contributed by atoms with Crippen molar-refractivity contribution in [2.24, 2.45) is 0 Å². The second kappa shape index (κ2) is 5.09. The predicted molar refractivity (Wildman–Crippen MR) is 64.3 cm³/mol. The molecule has 1 unspecified atom stereocenters. The van der Waals surface area contributed by atoms with Crippen molar-refractivity contribution in [2.45, 2.75) is 19.0 Å². The van der Waals surface area contributed by atoms with Gasteiger partial charge in [0, 0.05) is 19.2 Å². The minimum absolute atomic E-state index is 0.206. The molecular weight excluding hydrogens is 202 g/mol. The molecule has 86 valence electrons. The Balaban J connectivity index is 2.20. The molecule has 2 N–H and O–H groups in total. The Labute approximate surface area is 94.9 Å². The molecule has 1 aromatic carbocycles. The zero-order valence-corrected chi connectivity index (χ0v) is 9.43. The Morgan fingerprint density at radius 2 is 2.25 bits per heavy atom. The monoisotopic (exact) mass is 219 g/mol. The number of hydrogen-bond acceptors (Lipinski definition) is 3. The van der Waals surface area contributed by atoms with E-state index in [9.17, 15) is 0 Å². The molecule has 2 rings (SSSR count). The number of nitrogens with zero attached hydrogens (tertiary/aromatic N) is 2. The average molecular weight is 219 g/mol. The Bertz CT molecular complexity index is 452. The lowest BCUT2D eigenvalue weighted by atomic mass is 10.2. The smallest absolute Gasteiger partial charge is 0.0958 e. The van der Waals surface area contributed by atoms with Crippen molar-refractivity contribution >= 4 is 11.0 Å². The van der Waals surface area contributed by atoms with Crippen LogP contribution in [-0.2, 0) is 6.54 Å². The molecule has 0 fully saturated rings. The fraction of sp³-hybridized carbons (Fsp3) is 0.417. The lowest BCUT2D eigenvalue weighted by Gasteiger charge is -2.15. The summed E-state index contributed by atoms with van der Waals surface area (Å²) >= 11 is 0. The zero-order chi connectivity index (χ0) is 11.4. The van der Waals surface area contributed by atoms with Crippen molar-refractivity contribution in [1.82, 2.24) is 14.9 Å². The summed E-state index contributed by atoms with van der Waals surface area (Å²) < 4.78 is 2.12. The van der Waals surface area contributed by atoms with Crippen molar-refractivity contribution in [3.63, 3.8) is 0 Å². The number of para-hydroxylation sites is 2. The third-order valence-corrected chi connectivity index (χ3v) is 2.83. The molecule has 0 saturated heterocycles. The summed E-state index contributed by atoms with van der Waals surface area (Å²) in [6, 6.07) is 8.35. The van der Waals surface area contributed by atoms with Gasteiger partial charge in [-0.05, 0) is 25.6 Å². The Hall–Kier alpha value is -1.39. The van der Waals surface area contributed by atoms with E-state index in [1.165, 1.54) is 0 Å². The van der Waals surface area contributed by atoms with Crippen molar-refractivity contribution in [3.05, 3.63) is 30.6 Å². The standard InChI is InChI=1S/C12H17N3O/c1-13-10(6-7-16)8-15-9-14-11-4-2-3-5-12(11)15/h2-5,9-10,13,16H,6-8H2,1H3. The van der Waals surface area contributed by atoms with E-state index in [4.69, 9.17) is 5.11 Å². The van der Waals surface area contributed by atoms with Gasteiger partial charge in [-0.3, -0.25) is 0 Å². The minimum Gasteiger partial charge on any atom is -0.396 e. The number of likely N-dealkylation sites (N-methyl/N-ethyl adjacent to an activating group) is 1. The molecule has 0 bridgehead atoms. The summed E-state index contributed by atoms with van der Waals surface area (Å²) in [6.07, 6.45) is 2.61. The third kappa shape index (κ3) is 2.23. The second-order valence-corrected chi connectivity index (χ2v) is 3.88. The van der Waals surface area contributed by atoms with Gasteiger partial charge in [-0.2, -0.15) is 0 Å². The Morgan fingerprint density at radius 3 is 3.00 bits per heavy atom. The fourth-order valence-electron chi connectivity index (χ4n) is 1.88. The van der Waals surface area contributed by atoms with Crippen LogP contribution in [0.4, 0.5) is 0 Å². The first-order valence-electron chi connectivity index (χ1n) is 5.53. The highest BCUT2D eigenvalue weighted by molar-refractivity contribution is 5.74. The lowest BCUT2D eigenvalue weighted by molar-refractivity contribution is 0.261. The van der Waals surface area contributed by atoms with Crippen LogP contribution in [0.3, 0.4) is 0 Å². The number of aromatic nitrogens is 2. The van der Waals surface area contributed by atoms with Gasteiger partial charge in [0.2, 0.25) is 0 Å². The van der Waals surface area contributed by atoms with Gasteiger partial charge in [-0.15, -0.1) is 0 Å². The van der Waals surface area contributed by atoms with E-state index < -0.39 is 0 Å². The van der Waals surface area contributed by atoms with Crippen LogP contribution in [0.2, 0.25) is 0 Å². The van der Waals surface area contributed by atoms with Crippen LogP contribution < -0.4 is 5.32 Å². The topological polar surface area (TPSA) is 50.1 Å². The first kappa shape index (κ1) is 11.1. The van der Waals surface area contributed by atoms with E-state index in [0.29, 0.717) is 0 Å². The van der Waals surface area contributed by atoms with Gasteiger partial charge in [-0.1, -0.05) is 12.1 Å². The normalized spacial score (nSPS) is 13.1. The first-order valence-corrected chi connectivity index (χ1v) is 5.53. The van der Waals surface area contributed by atoms with Gasteiger partial charge in [0.05, 0.1) is 17.4 Å². The predicted octanol–water partition coefficient (Wildman–Crippen LogP) is 1.01. The summed E-state index contributed by atoms with van der Waals surface area (Å²) in [5.74, 6) is 0. The number of aliphatic hydroxyl groups excluding tert-OH is 1. The highest BCUT2D eigenvalue weighted by atomic mass is 16.3. The molecule has 2 aromatic rings. The molecule has 1 atom stereocenters. The molecule has 0 spiro atoms. The van der Waals surface area contributed by atoms with Crippen molar-refractivity contribution in [1.29, 1.82) is 0 Å². The van der Waals surface area contributed by atoms with Crippen LogP contribution in [0.5, 0.6) is 0 Å². The molecule has 16 heavy (non-hydrogen) atoms. The molecule has 0 saturated carbocycles. The molecule has 1 aromatic heterocycles. The Kier molecular flexibility index (Phi) is 3.54. The van der Waals surface area contributed by atoms with Gasteiger partial charge >= 0.3 is 0 Å². The van der Waals surface area contributed by atoms with E-state index in [0.717, 1.165) is 24.0 Å². The minimum atomic E-state index is 0.206. The van der Waals surface area contributed by atoms with Crippen molar-refractivity contribution < 1.29 is 5.11 Å². The summed E-state index contributed by atoms with van der Waals surface area (Å²) in [5.41, 5.74) is 2.15. The van der Waals surface area contributed by atoms with Crippen LogP contribution in [0.25, 0.3) is 11.0 Å². The van der Waals surface area contributed by atoms with E-state index >= 15 is 0 Å². The maximum absolute atomic E-state index is 8.94. The third-order valence-electron chi connectivity index (χ3n) is 2.83. The molecule has 0 amide bonds. The SMILES string of the molecule is CNC(CCO)Cn1cnc2ccccc21. The summed E-state index contributed by atoms with van der Waals surface area (Å²) in [5, 5.41) is 12.1. The number of aliphatic hydroxyl groups is 1. The fourth-order valence-corrected chi connectivity index (χ4v) is 1.88. The molecule has 0 aliphatic rings. The van der Waals surface area contributed by atoms with Gasteiger partial charge in [0.15, 0.2) is 0 Å². The van der Waals surface area contributed by atoms with Gasteiger partial charge in [0.1, 0.15) is 0 Å². The van der Waals surface area contributed by atoms with Crippen LogP contribution in [0.15, 0.2) is 30.6 Å². The molecule has 4 heteroatoms. The molecular formula is C12H17N3O. The summed E-state index contributed by atoms with van der Waals surface area (Å²) in [4.78, 5) is 4.34. The maximum Gasteiger partial charge on any atom is 0.0958 e. The van der Waals surface area contributed by atoms with Crippen LogP contribution >= 0.6 is 0 Å². The van der Waals surface area contributed by atoms with Crippen LogP contribution in [-0.4, -0.2) is 34.4 Å². The summed E-state index contributed by atoms with van der Waals surface area (Å²) in [7, 11) is 1.92. The molecule has 1 heterocycles. The largest absolute Gasteiger partial charge is 0.396 e. The zero-order valence-electron chi connectivity index (χ0n) is 9.43. The van der Waals surface area contributed by atoms with Crippen LogP contribution in [0, 0.1) is 0 Å². The summed E-state index contributed by atoms with van der Waals surface area (Å²) in [6.45, 7) is 1.04. The number of fused-ring (bicyclic) bond motifs is 1. The quantitative estimate of drug-likeness (QED) is 0.789. The van der Waals surface area contributed by atoms with E-state index in [-0.39, 0.29) is 12.6 Å². The number of nitrogens with one attached hydrogen (secondary N) is 1. The van der Waals surface area contributed by atoms with Gasteiger partial charge in [-0.25, -0.2) is 4.98 Å². The van der Waals surface area contributed by atoms with E-state index in [1.807, 2.05) is 31.6 Å². The lowest BCUT2D eigenvalue weighted by Crippen LogP contribution is -2.30. The van der Waals surface area contributed by atoms with Gasteiger partial charge in [0.25, 0.3) is 0 Å². The highest BCUT2D eigenvalue weighted by Gasteiger charge is 2.08. The second-order valence-electron chi connectivity index (χ2n) is 3.88. The average Bonchev–Trinajstić information content (AvgIpc) is 2.72. The Morgan fingerprint density at radius 1 is 1.44 bits per heavy atom.